The van der Waals surface area contributed by atoms with Crippen LogP contribution in [0.5, 0.6) is 0 Å². The van der Waals surface area contributed by atoms with Crippen molar-refractivity contribution in [2.75, 3.05) is 0 Å². The number of aromatic nitrogens is 1. The molecule has 0 atom stereocenters. The van der Waals surface area contributed by atoms with Gasteiger partial charge in [0, 0.05) is 0 Å². The van der Waals surface area contributed by atoms with Gasteiger partial charge < -0.3 is 0 Å². The Kier molecular flexibility index (Phi) is 1.83. The fraction of sp³-hybridized carbons (Fsp3) is 0.375. The maximum Gasteiger partial charge on any atom is 0.198 e. The minimum absolute atomic E-state index is 0.0172. The van der Waals surface area contributed by atoms with Crippen LogP contribution in [-0.4, -0.2) is 18.7 Å². The Hall–Kier alpha value is -0.970. The second-order valence-electron chi connectivity index (χ2n) is 3.06. The predicted molar refractivity (Wildman–Crippen MR) is 44.4 cm³/mol. The second-order valence-corrected chi connectivity index (χ2v) is 5.23. The minimum Gasteiger partial charge on any atom is -0.242 e. The molecule has 3 nitrogen and oxygen atoms in total. The summed E-state index contributed by atoms with van der Waals surface area (Å²) in [5, 5.41) is -0.304. The zero-order valence-corrected chi connectivity index (χ0v) is 7.59. The molecular weight excluding hydrogens is 193 g/mol. The predicted octanol–water partition coefficient (Wildman–Crippen LogP) is 1.16. The van der Waals surface area contributed by atoms with Gasteiger partial charge in [0.25, 0.3) is 0 Å². The average molecular weight is 201 g/mol. The van der Waals surface area contributed by atoms with Crippen LogP contribution >= 0.6 is 0 Å². The lowest BCUT2D eigenvalue weighted by Crippen LogP contribution is -2.08. The van der Waals surface area contributed by atoms with E-state index in [4.69, 9.17) is 0 Å². The van der Waals surface area contributed by atoms with Gasteiger partial charge in [-0.25, -0.2) is 17.8 Å². The van der Waals surface area contributed by atoms with E-state index in [-0.39, 0.29) is 10.3 Å². The average Bonchev–Trinajstić information content (AvgIpc) is 2.87. The van der Waals surface area contributed by atoms with Gasteiger partial charge in [0.15, 0.2) is 14.9 Å². The quantitative estimate of drug-likeness (QED) is 0.721. The summed E-state index contributed by atoms with van der Waals surface area (Å²) in [6.45, 7) is 0. The van der Waals surface area contributed by atoms with Crippen LogP contribution in [0.1, 0.15) is 12.8 Å². The number of hydrogen-bond acceptors (Lipinski definition) is 3. The van der Waals surface area contributed by atoms with E-state index in [0.717, 1.165) is 12.3 Å². The van der Waals surface area contributed by atoms with E-state index < -0.39 is 15.7 Å². The molecule has 1 heterocycles. The first-order chi connectivity index (χ1) is 6.10. The molecule has 0 bridgehead atoms. The summed E-state index contributed by atoms with van der Waals surface area (Å²) in [4.78, 5) is 3.55. The van der Waals surface area contributed by atoms with Crippen molar-refractivity contribution in [3.8, 4) is 0 Å². The third kappa shape index (κ3) is 1.56. The van der Waals surface area contributed by atoms with Gasteiger partial charge in [-0.3, -0.25) is 0 Å². The van der Waals surface area contributed by atoms with Gasteiger partial charge in [0.2, 0.25) is 0 Å². The van der Waals surface area contributed by atoms with Gasteiger partial charge in [-0.2, -0.15) is 0 Å². The number of rotatable bonds is 2. The summed E-state index contributed by atoms with van der Waals surface area (Å²) in [5.41, 5.74) is 0. The molecule has 0 N–H and O–H groups in total. The molecule has 1 aliphatic carbocycles. The van der Waals surface area contributed by atoms with E-state index in [1.807, 2.05) is 0 Å². The Morgan fingerprint density at radius 1 is 1.38 bits per heavy atom. The number of nitrogens with zero attached hydrogens (tertiary/aromatic N) is 1. The highest BCUT2D eigenvalue weighted by atomic mass is 32.2. The van der Waals surface area contributed by atoms with E-state index in [9.17, 15) is 12.8 Å². The molecule has 0 aromatic carbocycles. The summed E-state index contributed by atoms with van der Waals surface area (Å²) >= 11 is 0. The van der Waals surface area contributed by atoms with E-state index in [2.05, 4.69) is 4.98 Å². The summed E-state index contributed by atoms with van der Waals surface area (Å²) in [5.74, 6) is -0.519. The van der Waals surface area contributed by atoms with Gasteiger partial charge in [-0.1, -0.05) is 0 Å². The fourth-order valence-corrected chi connectivity index (χ4v) is 2.64. The smallest absolute Gasteiger partial charge is 0.198 e. The summed E-state index contributed by atoms with van der Waals surface area (Å²) in [7, 11) is -3.26. The van der Waals surface area contributed by atoms with E-state index >= 15 is 0 Å². The first kappa shape index (κ1) is 8.62. The largest absolute Gasteiger partial charge is 0.242 e. The minimum atomic E-state index is -3.26. The zero-order chi connectivity index (χ0) is 9.47. The van der Waals surface area contributed by atoms with Crippen molar-refractivity contribution in [3.05, 3.63) is 24.1 Å². The Morgan fingerprint density at radius 2 is 2.08 bits per heavy atom. The molecule has 13 heavy (non-hydrogen) atoms. The van der Waals surface area contributed by atoms with Gasteiger partial charge >= 0.3 is 0 Å². The highest BCUT2D eigenvalue weighted by molar-refractivity contribution is 7.92. The summed E-state index contributed by atoms with van der Waals surface area (Å²) < 4.78 is 35.5. The maximum atomic E-state index is 12.4. The highest BCUT2D eigenvalue weighted by Gasteiger charge is 2.37. The van der Waals surface area contributed by atoms with Gasteiger partial charge in [0.05, 0.1) is 11.4 Å². The monoisotopic (exact) mass is 201 g/mol. The second kappa shape index (κ2) is 2.77. The molecular formula is C8H8FNO2S. The van der Waals surface area contributed by atoms with Crippen LogP contribution < -0.4 is 0 Å². The zero-order valence-electron chi connectivity index (χ0n) is 6.77. The van der Waals surface area contributed by atoms with Crippen LogP contribution in [0, 0.1) is 5.82 Å². The van der Waals surface area contributed by atoms with Crippen LogP contribution in [0.3, 0.4) is 0 Å². The lowest BCUT2D eigenvalue weighted by atomic mass is 10.5. The molecule has 0 aliphatic heterocycles. The van der Waals surface area contributed by atoms with Crippen molar-refractivity contribution in [1.29, 1.82) is 0 Å². The Balaban J connectivity index is 2.40. The van der Waals surface area contributed by atoms with Crippen molar-refractivity contribution in [2.24, 2.45) is 0 Å². The van der Waals surface area contributed by atoms with Crippen LogP contribution in [0.2, 0.25) is 0 Å². The maximum absolute atomic E-state index is 12.4. The standard InChI is InChI=1S/C8H8FNO2S/c9-6-1-4-8(10-5-6)13(11,12)7-2-3-7/h1,4-5,7H,2-3H2. The Labute approximate surface area is 75.5 Å². The van der Waals surface area contributed by atoms with Crippen molar-refractivity contribution in [1.82, 2.24) is 4.98 Å². The molecule has 1 saturated carbocycles. The summed E-state index contributed by atoms with van der Waals surface area (Å²) in [6.07, 6.45) is 2.32. The third-order valence-electron chi connectivity index (χ3n) is 1.95. The van der Waals surface area contributed by atoms with E-state index in [0.29, 0.717) is 12.8 Å². The molecule has 0 spiro atoms. The molecule has 1 aliphatic rings. The van der Waals surface area contributed by atoms with Crippen molar-refractivity contribution in [2.45, 2.75) is 23.1 Å². The topological polar surface area (TPSA) is 47.0 Å². The lowest BCUT2D eigenvalue weighted by molar-refractivity contribution is 0.587. The van der Waals surface area contributed by atoms with Crippen molar-refractivity contribution in [3.63, 3.8) is 0 Å². The van der Waals surface area contributed by atoms with Crippen LogP contribution in [0.25, 0.3) is 0 Å². The fourth-order valence-electron chi connectivity index (χ4n) is 1.08. The molecule has 0 amide bonds. The SMILES string of the molecule is O=S(=O)(c1ccc(F)cn1)C1CC1. The van der Waals surface area contributed by atoms with E-state index in [1.54, 1.807) is 0 Å². The summed E-state index contributed by atoms with van der Waals surface area (Å²) in [6, 6.07) is 2.32. The van der Waals surface area contributed by atoms with Gasteiger partial charge in [-0.05, 0) is 25.0 Å². The molecule has 0 radical (unpaired) electrons. The molecule has 70 valence electrons. The van der Waals surface area contributed by atoms with Gasteiger partial charge in [-0.15, -0.1) is 0 Å². The first-order valence-electron chi connectivity index (χ1n) is 3.96. The molecule has 2 rings (SSSR count). The van der Waals surface area contributed by atoms with Crippen LogP contribution in [-0.2, 0) is 9.84 Å². The Morgan fingerprint density at radius 3 is 2.54 bits per heavy atom. The van der Waals surface area contributed by atoms with Crippen molar-refractivity contribution < 1.29 is 12.8 Å². The molecule has 5 heteroatoms. The normalized spacial score (nSPS) is 17.3. The van der Waals surface area contributed by atoms with Crippen LogP contribution in [0.15, 0.2) is 23.4 Å². The molecule has 1 aromatic rings. The first-order valence-corrected chi connectivity index (χ1v) is 5.51. The van der Waals surface area contributed by atoms with Crippen LogP contribution in [0.4, 0.5) is 4.39 Å². The molecule has 0 saturated heterocycles. The highest BCUT2D eigenvalue weighted by Crippen LogP contribution is 2.32. The third-order valence-corrected chi connectivity index (χ3v) is 4.13. The number of pyridine rings is 1. The lowest BCUT2D eigenvalue weighted by Gasteiger charge is -1.99. The van der Waals surface area contributed by atoms with E-state index in [1.165, 1.54) is 6.07 Å². The van der Waals surface area contributed by atoms with Crippen molar-refractivity contribution >= 4 is 9.84 Å². The molecule has 1 fully saturated rings. The molecule has 1 aromatic heterocycles. The number of halogens is 1. The van der Waals surface area contributed by atoms with Gasteiger partial charge in [0.1, 0.15) is 5.82 Å². The Bertz CT molecular complexity index is 408. The molecule has 0 unspecified atom stereocenters. The number of sulfone groups is 1. The number of hydrogen-bond donors (Lipinski definition) is 0.